The molecule has 0 fully saturated rings. The zero-order valence-electron chi connectivity index (χ0n) is 20.1. The number of hydrogen-bond acceptors (Lipinski definition) is 8. The monoisotopic (exact) mass is 513 g/mol. The summed E-state index contributed by atoms with van der Waals surface area (Å²) in [6.45, 7) is 1.72. The fraction of sp³-hybridized carbons (Fsp3) is 0.346. The average Bonchev–Trinajstić information content (AvgIpc) is 3.17. The van der Waals surface area contributed by atoms with Crippen LogP contribution in [0.15, 0.2) is 35.5 Å². The average molecular weight is 514 g/mol. The first-order valence-corrected chi connectivity index (χ1v) is 11.7. The van der Waals surface area contributed by atoms with E-state index < -0.39 is 29.0 Å². The topological polar surface area (TPSA) is 120 Å². The minimum absolute atomic E-state index is 0.0258. The van der Waals surface area contributed by atoms with Crippen LogP contribution in [0.25, 0.3) is 0 Å². The highest BCUT2D eigenvalue weighted by Crippen LogP contribution is 2.55. The molecule has 0 saturated carbocycles. The second kappa shape index (κ2) is 8.44. The number of fused-ring (bicyclic) bond motifs is 1. The first kappa shape index (κ1) is 24.0. The fourth-order valence-electron chi connectivity index (χ4n) is 5.39. The molecule has 0 bridgehead atoms. The predicted molar refractivity (Wildman–Crippen MR) is 128 cm³/mol. The summed E-state index contributed by atoms with van der Waals surface area (Å²) in [5.74, 6) is -2.06. The van der Waals surface area contributed by atoms with E-state index in [1.807, 2.05) is 0 Å². The van der Waals surface area contributed by atoms with Crippen LogP contribution in [0.3, 0.4) is 0 Å². The molecule has 2 heterocycles. The van der Waals surface area contributed by atoms with Gasteiger partial charge in [0.15, 0.2) is 17.2 Å². The number of Topliss-reactive ketones (excluding diaryl/α,β-unsaturated/α-hetero) is 2. The number of phenols is 1. The number of carbonyl (C=O) groups is 3. The van der Waals surface area contributed by atoms with E-state index in [-0.39, 0.29) is 63.7 Å². The third-order valence-corrected chi connectivity index (χ3v) is 7.52. The van der Waals surface area contributed by atoms with Gasteiger partial charge >= 0.3 is 0 Å². The van der Waals surface area contributed by atoms with Crippen molar-refractivity contribution in [3.63, 3.8) is 0 Å². The lowest BCUT2D eigenvalue weighted by molar-refractivity contribution is -0.131. The molecule has 0 saturated heterocycles. The van der Waals surface area contributed by atoms with Crippen molar-refractivity contribution in [2.75, 3.05) is 21.3 Å². The van der Waals surface area contributed by atoms with Gasteiger partial charge in [0.25, 0.3) is 0 Å². The summed E-state index contributed by atoms with van der Waals surface area (Å²) < 4.78 is 22.2. The first-order chi connectivity index (χ1) is 17.2. The van der Waals surface area contributed by atoms with E-state index in [1.54, 1.807) is 19.1 Å². The minimum Gasteiger partial charge on any atom is -0.504 e. The highest BCUT2D eigenvalue weighted by molar-refractivity contribution is 6.36. The van der Waals surface area contributed by atoms with Crippen LogP contribution >= 0.6 is 11.6 Å². The molecule has 1 amide bonds. The number of hydrogen-bond donors (Lipinski definition) is 2. The maximum Gasteiger partial charge on any atom is 0.236 e. The van der Waals surface area contributed by atoms with Gasteiger partial charge in [-0.2, -0.15) is 0 Å². The second-order valence-electron chi connectivity index (χ2n) is 9.03. The molecule has 1 spiro atoms. The molecule has 10 heteroatoms. The van der Waals surface area contributed by atoms with Crippen molar-refractivity contribution in [3.8, 4) is 28.7 Å². The molecule has 9 nitrogen and oxygen atoms in total. The Hall–Kier alpha value is -3.72. The van der Waals surface area contributed by atoms with Gasteiger partial charge in [-0.3, -0.25) is 14.4 Å². The SMILES string of the molecule is COc1cc([C@@H]2CC(=O)NC3=C2C(=O)[C@@]2(Oc4c(Cl)c(OC)cc(OC)c4C2=O)[C@H](C)C3)ccc1O. The molecule has 1 aliphatic carbocycles. The number of methoxy groups -OCH3 is 3. The number of halogens is 1. The normalized spacial score (nSPS) is 24.8. The quantitative estimate of drug-likeness (QED) is 0.595. The molecule has 3 aliphatic rings. The Morgan fingerprint density at radius 3 is 2.36 bits per heavy atom. The Bertz CT molecular complexity index is 1370. The van der Waals surface area contributed by atoms with Crippen molar-refractivity contribution < 1.29 is 38.4 Å². The Labute approximate surface area is 211 Å². The molecule has 0 unspecified atom stereocenters. The summed E-state index contributed by atoms with van der Waals surface area (Å²) in [6, 6.07) is 6.13. The van der Waals surface area contributed by atoms with E-state index in [9.17, 15) is 19.5 Å². The Morgan fingerprint density at radius 1 is 1.00 bits per heavy atom. The lowest BCUT2D eigenvalue weighted by atomic mass is 9.66. The number of ether oxygens (including phenoxy) is 4. The number of nitrogens with one attached hydrogen (secondary N) is 1. The standard InChI is InChI=1S/C26H24ClNO8/c1-11-7-14-20(13(9-19(30)28-14)12-5-6-15(29)16(8-12)33-2)24(31)26(11)25(32)21-17(34-3)10-18(35-4)22(27)23(21)36-26/h5-6,8,10-11,13,29H,7,9H2,1-4H3,(H,28,30)/t11-,13+,26+/m1/s1. The van der Waals surface area contributed by atoms with Crippen LogP contribution in [0.1, 0.15) is 41.6 Å². The summed E-state index contributed by atoms with van der Waals surface area (Å²) in [6.07, 6.45) is 0.192. The number of rotatable bonds is 4. The van der Waals surface area contributed by atoms with Crippen molar-refractivity contribution in [1.82, 2.24) is 5.32 Å². The van der Waals surface area contributed by atoms with E-state index in [4.69, 9.17) is 30.5 Å². The Kier molecular flexibility index (Phi) is 5.63. The van der Waals surface area contributed by atoms with Gasteiger partial charge in [0.2, 0.25) is 23.1 Å². The van der Waals surface area contributed by atoms with Crippen LogP contribution in [-0.4, -0.2) is 49.5 Å². The number of amides is 1. The summed E-state index contributed by atoms with van der Waals surface area (Å²) in [5.41, 5.74) is -0.482. The Balaban J connectivity index is 1.67. The molecule has 2 aromatic carbocycles. The number of carbonyl (C=O) groups excluding carboxylic acids is 3. The van der Waals surface area contributed by atoms with Crippen LogP contribution in [0, 0.1) is 5.92 Å². The Morgan fingerprint density at radius 2 is 1.69 bits per heavy atom. The van der Waals surface area contributed by atoms with Gasteiger partial charge in [0.05, 0.1) is 21.3 Å². The molecule has 3 atom stereocenters. The van der Waals surface area contributed by atoms with Gasteiger partial charge in [-0.05, 0) is 24.1 Å². The molecule has 0 radical (unpaired) electrons. The minimum atomic E-state index is -1.88. The fourth-order valence-corrected chi connectivity index (χ4v) is 5.65. The maximum atomic E-state index is 14.3. The maximum absolute atomic E-state index is 14.3. The van der Waals surface area contributed by atoms with Gasteiger partial charge < -0.3 is 29.4 Å². The lowest BCUT2D eigenvalue weighted by Crippen LogP contribution is -2.59. The van der Waals surface area contributed by atoms with Crippen molar-refractivity contribution in [2.45, 2.75) is 31.3 Å². The molecule has 5 rings (SSSR count). The van der Waals surface area contributed by atoms with Crippen LogP contribution in [-0.2, 0) is 9.59 Å². The third-order valence-electron chi connectivity index (χ3n) is 7.16. The highest BCUT2D eigenvalue weighted by Gasteiger charge is 2.63. The van der Waals surface area contributed by atoms with Crippen LogP contribution < -0.4 is 24.3 Å². The van der Waals surface area contributed by atoms with Crippen LogP contribution in [0.4, 0.5) is 0 Å². The lowest BCUT2D eigenvalue weighted by Gasteiger charge is -2.41. The predicted octanol–water partition coefficient (Wildman–Crippen LogP) is 3.55. The molecular formula is C26H24ClNO8. The van der Waals surface area contributed by atoms with Crippen LogP contribution in [0.2, 0.25) is 5.02 Å². The number of aromatic hydroxyl groups is 1. The number of allylic oxidation sites excluding steroid dienone is 1. The molecule has 2 aliphatic heterocycles. The summed E-state index contributed by atoms with van der Waals surface area (Å²) in [4.78, 5) is 40.9. The van der Waals surface area contributed by atoms with E-state index in [0.717, 1.165) is 0 Å². The van der Waals surface area contributed by atoms with Gasteiger partial charge in [-0.15, -0.1) is 0 Å². The number of phenolic OH excluding ortho intramolecular Hbond substituents is 1. The number of ketones is 2. The van der Waals surface area contributed by atoms with Crippen molar-refractivity contribution in [3.05, 3.63) is 51.7 Å². The van der Waals surface area contributed by atoms with Gasteiger partial charge in [0.1, 0.15) is 22.1 Å². The van der Waals surface area contributed by atoms with E-state index in [1.165, 1.54) is 33.5 Å². The largest absolute Gasteiger partial charge is 0.504 e. The summed E-state index contributed by atoms with van der Waals surface area (Å²) in [7, 11) is 4.23. The summed E-state index contributed by atoms with van der Waals surface area (Å²) in [5, 5.41) is 12.9. The van der Waals surface area contributed by atoms with Crippen molar-refractivity contribution in [1.29, 1.82) is 0 Å². The van der Waals surface area contributed by atoms with Crippen molar-refractivity contribution >= 4 is 29.1 Å². The summed E-state index contributed by atoms with van der Waals surface area (Å²) >= 11 is 6.50. The second-order valence-corrected chi connectivity index (χ2v) is 9.41. The first-order valence-electron chi connectivity index (χ1n) is 11.3. The molecule has 188 valence electrons. The molecule has 0 aromatic heterocycles. The van der Waals surface area contributed by atoms with Gasteiger partial charge in [0, 0.05) is 35.6 Å². The van der Waals surface area contributed by atoms with Crippen LogP contribution in [0.5, 0.6) is 28.7 Å². The van der Waals surface area contributed by atoms with E-state index in [0.29, 0.717) is 11.3 Å². The number of benzene rings is 2. The smallest absolute Gasteiger partial charge is 0.236 e. The van der Waals surface area contributed by atoms with Crippen molar-refractivity contribution in [2.24, 2.45) is 5.92 Å². The zero-order valence-corrected chi connectivity index (χ0v) is 20.8. The zero-order chi connectivity index (χ0) is 25.9. The van der Waals surface area contributed by atoms with Gasteiger partial charge in [-0.1, -0.05) is 24.6 Å². The van der Waals surface area contributed by atoms with Gasteiger partial charge in [-0.25, -0.2) is 0 Å². The molecular weight excluding hydrogens is 490 g/mol. The highest BCUT2D eigenvalue weighted by atomic mass is 35.5. The third kappa shape index (κ3) is 3.19. The van der Waals surface area contributed by atoms with E-state index >= 15 is 0 Å². The molecule has 2 N–H and O–H groups in total. The van der Waals surface area contributed by atoms with E-state index in [2.05, 4.69) is 5.32 Å². The molecule has 2 aromatic rings. The molecule has 36 heavy (non-hydrogen) atoms.